The number of nitrogens with one attached hydrogen (secondary N) is 3. The van der Waals surface area contributed by atoms with Crippen LogP contribution in [0.1, 0.15) is 317 Å². The molecule has 0 aliphatic heterocycles. The Kier molecular flexibility index (Phi) is 69.6. The molecule has 1 fully saturated rings. The number of hydrogen-bond donors (Lipinski definition) is 3. The van der Waals surface area contributed by atoms with E-state index in [2.05, 4.69) is 94.7 Å². The van der Waals surface area contributed by atoms with Gasteiger partial charge in [0.25, 0.3) is 35.4 Å². The molecule has 1 aliphatic rings. The van der Waals surface area contributed by atoms with E-state index in [4.69, 9.17) is 14.7 Å². The minimum Gasteiger partial charge on any atom is -0.484 e. The molecular formula is C115H175N11O13. The monoisotopic (exact) mass is 1920 g/mol. The van der Waals surface area contributed by atoms with Gasteiger partial charge in [0.15, 0.2) is 6.61 Å². The van der Waals surface area contributed by atoms with Crippen molar-refractivity contribution in [2.45, 2.75) is 264 Å². The first kappa shape index (κ1) is 127. The second-order valence-corrected chi connectivity index (χ2v) is 36.1. The Morgan fingerprint density at radius 1 is 0.460 bits per heavy atom. The van der Waals surface area contributed by atoms with Crippen molar-refractivity contribution in [3.05, 3.63) is 219 Å². The van der Waals surface area contributed by atoms with Gasteiger partial charge in [0.1, 0.15) is 11.5 Å². The average molecular weight is 1920 g/mol. The number of unbranched alkanes of at least 4 members (excludes halogenated alkanes) is 8. The quantitative estimate of drug-likeness (QED) is 0.0237. The fraction of sp³-hybridized carbons (Fsp3) is 0.530. The number of aryl methyl sites for hydroxylation is 4. The van der Waals surface area contributed by atoms with Gasteiger partial charge in [-0.1, -0.05) is 235 Å². The van der Waals surface area contributed by atoms with Crippen molar-refractivity contribution in [3.8, 4) is 22.9 Å². The number of esters is 1. The second-order valence-electron chi connectivity index (χ2n) is 36.1. The first-order valence-electron chi connectivity index (χ1n) is 50.5. The van der Waals surface area contributed by atoms with Crippen LogP contribution in [0.3, 0.4) is 0 Å². The Balaban J connectivity index is 0.00000161. The number of anilines is 2. The number of nitrogens with zero attached hydrogens (tertiary/aromatic N) is 8. The van der Waals surface area contributed by atoms with Crippen molar-refractivity contribution in [1.82, 2.24) is 40.0 Å². The van der Waals surface area contributed by atoms with Crippen LogP contribution in [0.15, 0.2) is 164 Å². The molecule has 1 aliphatic carbocycles. The topological polar surface area (TPSA) is 289 Å². The van der Waals surface area contributed by atoms with E-state index in [9.17, 15) is 52.7 Å². The molecule has 7 aromatic rings. The molecule has 139 heavy (non-hydrogen) atoms. The fourth-order valence-electron chi connectivity index (χ4n) is 14.1. The van der Waals surface area contributed by atoms with Gasteiger partial charge in [0.2, 0.25) is 17.7 Å². The molecule has 0 radical (unpaired) electrons. The van der Waals surface area contributed by atoms with E-state index in [0.717, 1.165) is 124 Å². The van der Waals surface area contributed by atoms with Crippen molar-refractivity contribution in [1.29, 1.82) is 5.26 Å². The number of hydrogen-bond acceptors (Lipinski definition) is 15. The highest BCUT2D eigenvalue weighted by Gasteiger charge is 2.23. The van der Waals surface area contributed by atoms with Crippen LogP contribution in [0.5, 0.6) is 5.75 Å². The SMILES string of the molecule is CCC.CCCCC(CC)CNC(=O)c1ccccc1-c1ccccc1C(=O)NCC(CC)CCCC.CCCCCCCCc1ccc(N(C)C(=O)CC)cc1.CCN(CC)C(=O)COc1ccc(C)cc1C.CCOC(=O)C(C)CN(C)C.CN(C)C(=O)CCCCC(=O)N(C)C.CN(C)C(=O)c1ccccc1C(=O)N(C)C.Cc1ccc(C(=O)Nc2ccc(C#N)cc2)cc1.O=C1CCCC1. The van der Waals surface area contributed by atoms with Crippen LogP contribution < -0.4 is 25.6 Å². The summed E-state index contributed by atoms with van der Waals surface area (Å²) in [6.07, 6.45) is 26.7. The zero-order valence-electron chi connectivity index (χ0n) is 89.8. The van der Waals surface area contributed by atoms with E-state index in [-0.39, 0.29) is 71.7 Å². The maximum atomic E-state index is 13.2. The number of carbonyl (C=O) groups is 11. The minimum atomic E-state index is -0.161. The average Bonchev–Trinajstić information content (AvgIpc) is 1.10. The number of likely N-dealkylation sites (N-methyl/N-ethyl adjacent to an activating group) is 1. The summed E-state index contributed by atoms with van der Waals surface area (Å²) in [5.74, 6) is 1.92. The second kappa shape index (κ2) is 76.1. The smallest absolute Gasteiger partial charge is 0.309 e. The molecular weight excluding hydrogens is 1740 g/mol. The van der Waals surface area contributed by atoms with Crippen molar-refractivity contribution < 1.29 is 62.2 Å². The van der Waals surface area contributed by atoms with Crippen molar-refractivity contribution in [2.24, 2.45) is 17.8 Å². The molecule has 0 saturated heterocycles. The maximum Gasteiger partial charge on any atom is 0.309 e. The first-order valence-corrected chi connectivity index (χ1v) is 50.5. The van der Waals surface area contributed by atoms with Crippen molar-refractivity contribution in [2.75, 3.05) is 134 Å². The minimum absolute atomic E-state index is 0.0232. The van der Waals surface area contributed by atoms with Crippen molar-refractivity contribution in [3.63, 3.8) is 0 Å². The highest BCUT2D eigenvalue weighted by Crippen LogP contribution is 2.29. The predicted octanol–water partition coefficient (Wildman–Crippen LogP) is 23.0. The zero-order chi connectivity index (χ0) is 105. The van der Waals surface area contributed by atoms with E-state index in [1.165, 1.54) is 91.6 Å². The van der Waals surface area contributed by atoms with Gasteiger partial charge < -0.3 is 59.7 Å². The van der Waals surface area contributed by atoms with Gasteiger partial charge in [-0.3, -0.25) is 52.7 Å². The predicted molar refractivity (Wildman–Crippen MR) is 572 cm³/mol. The van der Waals surface area contributed by atoms with E-state index >= 15 is 0 Å². The normalized spacial score (nSPS) is 11.3. The third-order valence-electron chi connectivity index (χ3n) is 22.7. The third kappa shape index (κ3) is 54.9. The molecule has 0 spiro atoms. The Morgan fingerprint density at radius 2 is 0.899 bits per heavy atom. The first-order chi connectivity index (χ1) is 66.3. The van der Waals surface area contributed by atoms with Gasteiger partial charge in [0.05, 0.1) is 35.3 Å². The molecule has 0 bridgehead atoms. The number of ether oxygens (including phenoxy) is 2. The summed E-state index contributed by atoms with van der Waals surface area (Å²) in [6.45, 7) is 34.9. The largest absolute Gasteiger partial charge is 0.484 e. The summed E-state index contributed by atoms with van der Waals surface area (Å²) in [4.78, 5) is 140. The molecule has 3 N–H and O–H groups in total. The molecule has 1 saturated carbocycles. The zero-order valence-corrected chi connectivity index (χ0v) is 89.8. The van der Waals surface area contributed by atoms with Gasteiger partial charge in [-0.15, -0.1) is 0 Å². The highest BCUT2D eigenvalue weighted by atomic mass is 16.5. The molecule has 7 aromatic carbocycles. The third-order valence-corrected chi connectivity index (χ3v) is 22.7. The van der Waals surface area contributed by atoms with Crippen LogP contribution in [-0.2, 0) is 39.9 Å². The molecule has 0 heterocycles. The van der Waals surface area contributed by atoms with E-state index < -0.39 is 0 Å². The lowest BCUT2D eigenvalue weighted by atomic mass is 9.94. The molecule has 0 aromatic heterocycles. The number of Topliss-reactive ketones (excluding diaryl/α,β-unsaturated/α-hetero) is 1. The molecule has 24 nitrogen and oxygen atoms in total. The van der Waals surface area contributed by atoms with Crippen LogP contribution in [0.25, 0.3) is 11.1 Å². The van der Waals surface area contributed by atoms with Crippen LogP contribution in [0.4, 0.5) is 11.4 Å². The number of ketones is 1. The van der Waals surface area contributed by atoms with Gasteiger partial charge >= 0.3 is 5.97 Å². The van der Waals surface area contributed by atoms with E-state index in [0.29, 0.717) is 95.6 Å². The number of amides is 9. The van der Waals surface area contributed by atoms with Crippen molar-refractivity contribution >= 4 is 76.3 Å². The number of rotatable bonds is 42. The fourth-order valence-corrected chi connectivity index (χ4v) is 14.1. The van der Waals surface area contributed by atoms with Crippen LogP contribution in [0.2, 0.25) is 0 Å². The summed E-state index contributed by atoms with van der Waals surface area (Å²) in [7, 11) is 19.4. The lowest BCUT2D eigenvalue weighted by molar-refractivity contribution is -0.148. The van der Waals surface area contributed by atoms with Gasteiger partial charge in [-0.2, -0.15) is 5.26 Å². The highest BCUT2D eigenvalue weighted by molar-refractivity contribution is 6.08. The summed E-state index contributed by atoms with van der Waals surface area (Å²) < 4.78 is 10.4. The Labute approximate surface area is 837 Å². The van der Waals surface area contributed by atoms with Gasteiger partial charge in [-0.25, -0.2) is 0 Å². The van der Waals surface area contributed by atoms with E-state index in [1.807, 2.05) is 160 Å². The summed E-state index contributed by atoms with van der Waals surface area (Å²) >= 11 is 0. The Morgan fingerprint density at radius 3 is 1.29 bits per heavy atom. The molecule has 9 amide bonds. The summed E-state index contributed by atoms with van der Waals surface area (Å²) in [5.41, 5.74) is 11.3. The standard InChI is InChI=1S/C30H44N2O2.C18H29NO.C15H12N2O.C14H21NO2.C12H16N2O2.C10H20N2O2.C8H17NO2.C5H8O.C3H8/c1-5-9-15-23(7-3)21-31-29(33)27-19-13-11-17-25(27)26-18-12-14-20-28(26)30(34)32-22-24(8-4)16-10-6-2;1-4-6-7-8-9-10-11-16-12-14-17(15-13-16)19(3)18(20)5-2;1-11-2-6-13(7-3-11)15(18)17-14-8-4-12(10-16)5-9-14;1-5-15(6-2)14(16)10-17-13-8-7-11(3)9-12(13)4;1-13(2)11(15)9-7-5-6-8-10(9)12(16)14(3)4;1-11(2)9(13)7-5-6-8-10(14)12(3)4;1-5-11-8(10)7(2)6-9(3)4;6-5-3-1-2-4-5;1-3-2/h11-14,17-20,23-24H,5-10,15-16,21-22H2,1-4H3,(H,31,33)(H,32,34);12-15H,4-11H2,1-3H3;2-9H,1H3,(H,17,18);7-9H,5-6,10H2,1-4H3;5-8H,1-4H3;5-8H2,1-4H3;7H,5-6H2,1-4H3;1-4H2;3H2,1-2H3. The molecule has 3 atom stereocenters. The number of benzene rings is 7. The van der Waals surface area contributed by atoms with Crippen LogP contribution in [-0.4, -0.2) is 218 Å². The van der Waals surface area contributed by atoms with E-state index in [1.54, 1.807) is 137 Å². The Bertz CT molecular complexity index is 4570. The van der Waals surface area contributed by atoms with Crippen LogP contribution >= 0.6 is 0 Å². The summed E-state index contributed by atoms with van der Waals surface area (Å²) in [5, 5.41) is 17.7. The maximum absolute atomic E-state index is 13.2. The van der Waals surface area contributed by atoms with Crippen LogP contribution in [0, 0.1) is 49.9 Å². The molecule has 24 heteroatoms. The Hall–Kier alpha value is -11.8. The molecule has 3 unspecified atom stereocenters. The lowest BCUT2D eigenvalue weighted by Gasteiger charge is -2.19. The molecule has 768 valence electrons. The van der Waals surface area contributed by atoms with Gasteiger partial charge in [-0.05, 0) is 220 Å². The number of carbonyl (C=O) groups excluding carboxylic acids is 11. The molecule has 8 rings (SSSR count). The summed E-state index contributed by atoms with van der Waals surface area (Å²) in [6, 6.07) is 52.6. The van der Waals surface area contributed by atoms with Gasteiger partial charge in [0, 0.05) is 156 Å². The lowest BCUT2D eigenvalue weighted by Crippen LogP contribution is -2.34. The number of nitriles is 1.